The van der Waals surface area contributed by atoms with E-state index in [0.29, 0.717) is 5.56 Å². The highest BCUT2D eigenvalue weighted by Crippen LogP contribution is 2.29. The van der Waals surface area contributed by atoms with Crippen molar-refractivity contribution >= 4 is 16.1 Å². The number of aryl methyl sites for hydroxylation is 1. The van der Waals surface area contributed by atoms with Crippen LogP contribution in [-0.2, 0) is 19.1 Å². The quantitative estimate of drug-likeness (QED) is 0.827. The number of hydrogen-bond donors (Lipinski definition) is 1. The molecule has 1 aromatic rings. The van der Waals surface area contributed by atoms with Crippen molar-refractivity contribution in [1.29, 1.82) is 0 Å². The van der Waals surface area contributed by atoms with Gasteiger partial charge in [-0.15, -0.1) is 0 Å². The molecule has 0 amide bonds. The first-order valence-corrected chi connectivity index (χ1v) is 6.84. The van der Waals surface area contributed by atoms with Crippen LogP contribution in [0, 0.1) is 6.92 Å². The van der Waals surface area contributed by atoms with Gasteiger partial charge in [-0.1, -0.05) is 6.07 Å². The van der Waals surface area contributed by atoms with Crippen molar-refractivity contribution in [2.75, 3.05) is 7.11 Å². The third-order valence-corrected chi connectivity index (χ3v) is 3.92. The number of hydrogen-bond acceptors (Lipinski definition) is 5. The van der Waals surface area contributed by atoms with E-state index in [2.05, 4.69) is 0 Å². The molecule has 106 valence electrons. The fraction of sp³-hybridized carbons (Fsp3) is 0.417. The van der Waals surface area contributed by atoms with Crippen molar-refractivity contribution in [1.82, 2.24) is 0 Å². The number of carboxylic acid groups (broad SMARTS) is 1. The molecule has 0 fully saturated rings. The van der Waals surface area contributed by atoms with E-state index in [-0.39, 0.29) is 10.6 Å². The minimum Gasteiger partial charge on any atom is -0.495 e. The molecule has 0 aromatic heterocycles. The van der Waals surface area contributed by atoms with Gasteiger partial charge in [0.05, 0.1) is 7.11 Å². The maximum atomic E-state index is 12.1. The number of rotatable bonds is 5. The van der Waals surface area contributed by atoms with E-state index >= 15 is 0 Å². The van der Waals surface area contributed by atoms with Crippen molar-refractivity contribution in [3.63, 3.8) is 0 Å². The van der Waals surface area contributed by atoms with E-state index in [1.807, 2.05) is 0 Å². The number of carboxylic acids is 1. The molecule has 7 heteroatoms. The molecule has 0 saturated heterocycles. The van der Waals surface area contributed by atoms with Gasteiger partial charge < -0.3 is 9.84 Å². The Bertz CT molecular complexity index is 588. The van der Waals surface area contributed by atoms with Crippen molar-refractivity contribution in [2.45, 2.75) is 31.3 Å². The summed E-state index contributed by atoms with van der Waals surface area (Å²) < 4.78 is 34.0. The molecular formula is C12H16O6S. The molecule has 0 spiro atoms. The molecule has 19 heavy (non-hydrogen) atoms. The Morgan fingerprint density at radius 1 is 1.32 bits per heavy atom. The molecule has 0 atom stereocenters. The Kier molecular flexibility index (Phi) is 4.21. The molecule has 0 heterocycles. The molecule has 0 saturated carbocycles. The van der Waals surface area contributed by atoms with Crippen LogP contribution >= 0.6 is 0 Å². The second-order valence-electron chi connectivity index (χ2n) is 4.51. The van der Waals surface area contributed by atoms with Gasteiger partial charge in [0.1, 0.15) is 10.6 Å². The average Bonchev–Trinajstić information content (AvgIpc) is 2.27. The average molecular weight is 288 g/mol. The van der Waals surface area contributed by atoms with Crippen LogP contribution in [0.2, 0.25) is 0 Å². The lowest BCUT2D eigenvalue weighted by Gasteiger charge is -2.20. The zero-order valence-electron chi connectivity index (χ0n) is 11.1. The molecule has 0 aliphatic carbocycles. The largest absolute Gasteiger partial charge is 0.495 e. The Morgan fingerprint density at radius 2 is 1.89 bits per heavy atom. The first-order chi connectivity index (χ1) is 8.60. The Labute approximate surface area is 112 Å². The molecule has 0 radical (unpaired) electrons. The number of carbonyl (C=O) groups is 1. The van der Waals surface area contributed by atoms with Gasteiger partial charge in [0.2, 0.25) is 0 Å². The van der Waals surface area contributed by atoms with Gasteiger partial charge in [-0.2, -0.15) is 8.42 Å². The van der Waals surface area contributed by atoms with Crippen molar-refractivity contribution in [3.8, 4) is 5.75 Å². The second kappa shape index (κ2) is 5.18. The van der Waals surface area contributed by atoms with E-state index in [4.69, 9.17) is 14.0 Å². The van der Waals surface area contributed by atoms with Gasteiger partial charge in [-0.05, 0) is 38.5 Å². The van der Waals surface area contributed by atoms with Gasteiger partial charge in [-0.25, -0.2) is 8.98 Å². The smallest absolute Gasteiger partial charge is 0.336 e. The first-order valence-electron chi connectivity index (χ1n) is 5.44. The fourth-order valence-corrected chi connectivity index (χ4v) is 2.77. The van der Waals surface area contributed by atoms with Crippen LogP contribution in [0.1, 0.15) is 19.4 Å². The zero-order chi connectivity index (χ0) is 14.8. The Hall–Kier alpha value is -1.60. The van der Waals surface area contributed by atoms with Crippen molar-refractivity contribution < 1.29 is 27.2 Å². The maximum Gasteiger partial charge on any atom is 0.336 e. The maximum absolute atomic E-state index is 12.1. The predicted molar refractivity (Wildman–Crippen MR) is 67.7 cm³/mol. The second-order valence-corrected chi connectivity index (χ2v) is 6.02. The molecule has 0 aliphatic heterocycles. The van der Waals surface area contributed by atoms with E-state index in [9.17, 15) is 13.2 Å². The Balaban J connectivity index is 3.28. The number of ether oxygens (including phenoxy) is 1. The summed E-state index contributed by atoms with van der Waals surface area (Å²) >= 11 is 0. The molecule has 1 N–H and O–H groups in total. The minimum absolute atomic E-state index is 0.104. The van der Waals surface area contributed by atoms with E-state index in [1.54, 1.807) is 13.0 Å². The standard InChI is InChI=1S/C12H16O6S/c1-8-5-6-9(17-4)10(7-8)19(15,16)18-12(2,3)11(13)14/h5-7H,1-4H3,(H,13,14). The first kappa shape index (κ1) is 15.5. The van der Waals surface area contributed by atoms with Crippen LogP contribution in [0.4, 0.5) is 0 Å². The van der Waals surface area contributed by atoms with Crippen LogP contribution in [0.25, 0.3) is 0 Å². The summed E-state index contributed by atoms with van der Waals surface area (Å²) in [7, 11) is -2.91. The lowest BCUT2D eigenvalue weighted by atomic mass is 10.1. The normalized spacial score (nSPS) is 12.2. The number of benzene rings is 1. The van der Waals surface area contributed by atoms with Crippen LogP contribution in [-0.4, -0.2) is 32.2 Å². The summed E-state index contributed by atoms with van der Waals surface area (Å²) in [6.07, 6.45) is 0. The van der Waals surface area contributed by atoms with Crippen LogP contribution in [0.5, 0.6) is 5.75 Å². The third kappa shape index (κ3) is 3.45. The van der Waals surface area contributed by atoms with Crippen molar-refractivity contribution in [3.05, 3.63) is 23.8 Å². The summed E-state index contributed by atoms with van der Waals surface area (Å²) in [6, 6.07) is 4.53. The third-order valence-electron chi connectivity index (χ3n) is 2.42. The van der Waals surface area contributed by atoms with Gasteiger partial charge in [0, 0.05) is 0 Å². The molecule has 0 aliphatic rings. The summed E-state index contributed by atoms with van der Waals surface area (Å²) in [5, 5.41) is 8.91. The van der Waals surface area contributed by atoms with E-state index in [0.717, 1.165) is 13.8 Å². The zero-order valence-corrected chi connectivity index (χ0v) is 11.9. The van der Waals surface area contributed by atoms with Crippen LogP contribution in [0.15, 0.2) is 23.1 Å². The predicted octanol–water partition coefficient (Wildman–Crippen LogP) is 1.57. The molecule has 1 rings (SSSR count). The molecule has 0 bridgehead atoms. The van der Waals surface area contributed by atoms with Crippen LogP contribution < -0.4 is 4.74 Å². The molecular weight excluding hydrogens is 272 g/mol. The molecule has 0 unspecified atom stereocenters. The summed E-state index contributed by atoms with van der Waals surface area (Å²) in [5.74, 6) is -1.27. The van der Waals surface area contributed by atoms with Gasteiger partial charge in [0.25, 0.3) is 0 Å². The lowest BCUT2D eigenvalue weighted by Crippen LogP contribution is -2.37. The summed E-state index contributed by atoms with van der Waals surface area (Å²) in [6.45, 7) is 4.03. The highest BCUT2D eigenvalue weighted by molar-refractivity contribution is 7.87. The number of aliphatic carboxylic acids is 1. The lowest BCUT2D eigenvalue weighted by molar-refractivity contribution is -0.151. The van der Waals surface area contributed by atoms with Crippen LogP contribution in [0.3, 0.4) is 0 Å². The van der Waals surface area contributed by atoms with Gasteiger partial charge >= 0.3 is 16.1 Å². The monoisotopic (exact) mass is 288 g/mol. The van der Waals surface area contributed by atoms with Gasteiger partial charge in [0.15, 0.2) is 5.60 Å². The minimum atomic E-state index is -4.23. The molecule has 1 aromatic carbocycles. The summed E-state index contributed by atoms with van der Waals surface area (Å²) in [5.41, 5.74) is -1.16. The van der Waals surface area contributed by atoms with Gasteiger partial charge in [-0.3, -0.25) is 0 Å². The number of methoxy groups -OCH3 is 1. The highest BCUT2D eigenvalue weighted by atomic mass is 32.2. The Morgan fingerprint density at radius 3 is 2.37 bits per heavy atom. The van der Waals surface area contributed by atoms with E-state index in [1.165, 1.54) is 19.2 Å². The molecule has 6 nitrogen and oxygen atoms in total. The van der Waals surface area contributed by atoms with E-state index < -0.39 is 21.7 Å². The van der Waals surface area contributed by atoms with Crippen molar-refractivity contribution in [2.24, 2.45) is 0 Å². The topological polar surface area (TPSA) is 89.9 Å². The summed E-state index contributed by atoms with van der Waals surface area (Å²) in [4.78, 5) is 10.7. The fourth-order valence-electron chi connectivity index (χ4n) is 1.33. The SMILES string of the molecule is COc1ccc(C)cc1S(=O)(=O)OC(C)(C)C(=O)O. The highest BCUT2D eigenvalue weighted by Gasteiger charge is 2.36.